The summed E-state index contributed by atoms with van der Waals surface area (Å²) in [6, 6.07) is 0. The monoisotopic (exact) mass is 275 g/mol. The summed E-state index contributed by atoms with van der Waals surface area (Å²) in [6.45, 7) is 7.27. The van der Waals surface area contributed by atoms with Crippen molar-refractivity contribution in [3.8, 4) is 0 Å². The molecule has 6 nitrogen and oxygen atoms in total. The molecule has 2 rings (SSSR count). The third kappa shape index (κ3) is 4.37. The molecule has 2 saturated heterocycles. The van der Waals surface area contributed by atoms with Gasteiger partial charge in [-0.25, -0.2) is 0 Å². The highest BCUT2D eigenvalue weighted by Gasteiger charge is 2.47. The van der Waals surface area contributed by atoms with Gasteiger partial charge in [-0.3, -0.25) is 0 Å². The van der Waals surface area contributed by atoms with Gasteiger partial charge in [0.2, 0.25) is 0 Å². The Kier molecular flexibility index (Phi) is 5.56. The van der Waals surface area contributed by atoms with Crippen LogP contribution in [-0.4, -0.2) is 63.7 Å². The van der Waals surface area contributed by atoms with E-state index in [1.165, 1.54) is 0 Å². The Labute approximate surface area is 114 Å². The molecule has 0 spiro atoms. The molecule has 2 aliphatic rings. The molecular formula is C13H25NO5. The summed E-state index contributed by atoms with van der Waals surface area (Å²) in [4.78, 5) is 0. The minimum atomic E-state index is -0.522. The summed E-state index contributed by atoms with van der Waals surface area (Å²) in [5.41, 5.74) is 5.33. The van der Waals surface area contributed by atoms with Crippen LogP contribution in [-0.2, 0) is 23.7 Å². The quantitative estimate of drug-likeness (QED) is 0.673. The van der Waals surface area contributed by atoms with E-state index in [1.54, 1.807) is 0 Å². The number of ether oxygens (including phenoxy) is 5. The zero-order valence-electron chi connectivity index (χ0n) is 11.8. The average Bonchev–Trinajstić information content (AvgIpc) is 2.68. The lowest BCUT2D eigenvalue weighted by Crippen LogP contribution is -2.45. The van der Waals surface area contributed by atoms with E-state index in [2.05, 4.69) is 0 Å². The number of rotatable bonds is 7. The Morgan fingerprint density at radius 2 is 1.95 bits per heavy atom. The first-order valence-corrected chi connectivity index (χ1v) is 6.95. The smallest absolute Gasteiger partial charge is 0.163 e. The Balaban J connectivity index is 1.68. The molecule has 0 aromatic carbocycles. The molecule has 0 aromatic rings. The molecule has 6 heteroatoms. The van der Waals surface area contributed by atoms with E-state index in [9.17, 15) is 0 Å². The molecule has 2 aliphatic heterocycles. The molecule has 3 atom stereocenters. The molecule has 0 saturated carbocycles. The number of fused-ring (bicyclic) bond motifs is 1. The van der Waals surface area contributed by atoms with E-state index in [4.69, 9.17) is 29.4 Å². The van der Waals surface area contributed by atoms with Crippen LogP contribution in [0.25, 0.3) is 0 Å². The third-order valence-electron chi connectivity index (χ3n) is 3.24. The van der Waals surface area contributed by atoms with Gasteiger partial charge in [0.05, 0.1) is 32.5 Å². The zero-order valence-corrected chi connectivity index (χ0v) is 11.8. The molecule has 0 aliphatic carbocycles. The Morgan fingerprint density at radius 1 is 1.16 bits per heavy atom. The molecule has 112 valence electrons. The van der Waals surface area contributed by atoms with Crippen molar-refractivity contribution in [3.05, 3.63) is 0 Å². The van der Waals surface area contributed by atoms with Crippen molar-refractivity contribution in [2.75, 3.05) is 39.6 Å². The van der Waals surface area contributed by atoms with E-state index in [0.29, 0.717) is 39.6 Å². The lowest BCUT2D eigenvalue weighted by atomic mass is 10.0. The summed E-state index contributed by atoms with van der Waals surface area (Å²) in [5, 5.41) is 0. The highest BCUT2D eigenvalue weighted by molar-refractivity contribution is 4.90. The fraction of sp³-hybridized carbons (Fsp3) is 1.00. The fourth-order valence-corrected chi connectivity index (χ4v) is 2.48. The van der Waals surface area contributed by atoms with Crippen molar-refractivity contribution in [1.82, 2.24) is 0 Å². The van der Waals surface area contributed by atoms with Crippen LogP contribution in [0.5, 0.6) is 0 Å². The standard InChI is InChI=1S/C13H25NO5/c1-13(2)18-10-3-5-17-11(12(10)19-13)9-16-8-7-15-6-4-14/h10-12H,3-9,14H2,1-2H3. The van der Waals surface area contributed by atoms with Gasteiger partial charge < -0.3 is 29.4 Å². The lowest BCUT2D eigenvalue weighted by molar-refractivity contribution is -0.160. The average molecular weight is 275 g/mol. The van der Waals surface area contributed by atoms with Gasteiger partial charge in [-0.1, -0.05) is 0 Å². The summed E-state index contributed by atoms with van der Waals surface area (Å²) in [7, 11) is 0. The first-order chi connectivity index (χ1) is 9.12. The van der Waals surface area contributed by atoms with Gasteiger partial charge in [0.25, 0.3) is 0 Å². The SMILES string of the molecule is CC1(C)OC2CCOC(COCCOCCN)C2O1. The van der Waals surface area contributed by atoms with Crippen LogP contribution in [0.1, 0.15) is 20.3 Å². The summed E-state index contributed by atoms with van der Waals surface area (Å²) < 4.78 is 28.3. The van der Waals surface area contributed by atoms with Crippen LogP contribution < -0.4 is 5.73 Å². The van der Waals surface area contributed by atoms with Crippen LogP contribution in [0.4, 0.5) is 0 Å². The second-order valence-electron chi connectivity index (χ2n) is 5.31. The van der Waals surface area contributed by atoms with Crippen molar-refractivity contribution in [2.24, 2.45) is 5.73 Å². The van der Waals surface area contributed by atoms with E-state index >= 15 is 0 Å². The van der Waals surface area contributed by atoms with Crippen molar-refractivity contribution < 1.29 is 23.7 Å². The molecule has 0 bridgehead atoms. The van der Waals surface area contributed by atoms with Gasteiger partial charge in [0, 0.05) is 13.2 Å². The van der Waals surface area contributed by atoms with Crippen molar-refractivity contribution in [3.63, 3.8) is 0 Å². The summed E-state index contributed by atoms with van der Waals surface area (Å²) in [5.74, 6) is -0.522. The number of hydrogen-bond donors (Lipinski definition) is 1. The largest absolute Gasteiger partial charge is 0.378 e. The number of hydrogen-bond acceptors (Lipinski definition) is 6. The molecule has 0 aromatic heterocycles. The topological polar surface area (TPSA) is 72.2 Å². The molecular weight excluding hydrogens is 250 g/mol. The minimum Gasteiger partial charge on any atom is -0.378 e. The van der Waals surface area contributed by atoms with Gasteiger partial charge in [-0.2, -0.15) is 0 Å². The molecule has 3 unspecified atom stereocenters. The number of nitrogens with two attached hydrogens (primary N) is 1. The maximum absolute atomic E-state index is 5.89. The summed E-state index contributed by atoms with van der Waals surface area (Å²) in [6.07, 6.45) is 0.902. The van der Waals surface area contributed by atoms with Crippen molar-refractivity contribution in [2.45, 2.75) is 44.4 Å². The van der Waals surface area contributed by atoms with Crippen LogP contribution in [0, 0.1) is 0 Å². The van der Waals surface area contributed by atoms with Gasteiger partial charge in [-0.05, 0) is 20.3 Å². The molecule has 19 heavy (non-hydrogen) atoms. The second kappa shape index (κ2) is 6.97. The van der Waals surface area contributed by atoms with Gasteiger partial charge in [0.1, 0.15) is 12.2 Å². The zero-order chi connectivity index (χ0) is 13.7. The Bertz CT molecular complexity index is 274. The molecule has 0 amide bonds. The van der Waals surface area contributed by atoms with E-state index in [0.717, 1.165) is 6.42 Å². The van der Waals surface area contributed by atoms with Crippen LogP contribution >= 0.6 is 0 Å². The molecule has 0 radical (unpaired) electrons. The maximum atomic E-state index is 5.89. The van der Waals surface area contributed by atoms with Crippen LogP contribution in [0.2, 0.25) is 0 Å². The predicted molar refractivity (Wildman–Crippen MR) is 68.9 cm³/mol. The Morgan fingerprint density at radius 3 is 2.74 bits per heavy atom. The van der Waals surface area contributed by atoms with Crippen molar-refractivity contribution in [1.29, 1.82) is 0 Å². The predicted octanol–water partition coefficient (Wildman–Crippen LogP) is 0.287. The van der Waals surface area contributed by atoms with Crippen LogP contribution in [0.15, 0.2) is 0 Å². The minimum absolute atomic E-state index is 0.0336. The third-order valence-corrected chi connectivity index (χ3v) is 3.24. The van der Waals surface area contributed by atoms with E-state index in [1.807, 2.05) is 13.8 Å². The summed E-state index contributed by atoms with van der Waals surface area (Å²) >= 11 is 0. The maximum Gasteiger partial charge on any atom is 0.163 e. The molecule has 2 heterocycles. The first kappa shape index (κ1) is 15.2. The van der Waals surface area contributed by atoms with E-state index in [-0.39, 0.29) is 18.3 Å². The first-order valence-electron chi connectivity index (χ1n) is 6.95. The Hall–Kier alpha value is -0.240. The van der Waals surface area contributed by atoms with Gasteiger partial charge >= 0.3 is 0 Å². The highest BCUT2D eigenvalue weighted by atomic mass is 16.8. The molecule has 2 N–H and O–H groups in total. The highest BCUT2D eigenvalue weighted by Crippen LogP contribution is 2.35. The van der Waals surface area contributed by atoms with Crippen molar-refractivity contribution >= 4 is 0 Å². The molecule has 2 fully saturated rings. The lowest BCUT2D eigenvalue weighted by Gasteiger charge is -2.31. The fourth-order valence-electron chi connectivity index (χ4n) is 2.48. The van der Waals surface area contributed by atoms with Crippen LogP contribution in [0.3, 0.4) is 0 Å². The van der Waals surface area contributed by atoms with Gasteiger partial charge in [-0.15, -0.1) is 0 Å². The normalized spacial score (nSPS) is 33.3. The second-order valence-corrected chi connectivity index (χ2v) is 5.31. The van der Waals surface area contributed by atoms with Gasteiger partial charge in [0.15, 0.2) is 5.79 Å². The van der Waals surface area contributed by atoms with E-state index < -0.39 is 5.79 Å².